The third kappa shape index (κ3) is 3.79. The van der Waals surface area contributed by atoms with Crippen LogP contribution in [-0.2, 0) is 7.05 Å². The van der Waals surface area contributed by atoms with E-state index >= 15 is 0 Å². The molecule has 3 rings (SSSR count). The number of nitrogens with zero attached hydrogens (tertiary/aromatic N) is 3. The van der Waals surface area contributed by atoms with Crippen LogP contribution < -0.4 is 5.32 Å². The molecule has 2 aromatic rings. The fourth-order valence-electron chi connectivity index (χ4n) is 3.53. The summed E-state index contributed by atoms with van der Waals surface area (Å²) in [6.07, 6.45) is 1.81. The number of piperidine rings is 1. The van der Waals surface area contributed by atoms with Crippen molar-refractivity contribution >= 4 is 11.8 Å². The number of hydrogen-bond donors (Lipinski definition) is 1. The van der Waals surface area contributed by atoms with Gasteiger partial charge in [0.05, 0.1) is 11.3 Å². The molecule has 6 nitrogen and oxygen atoms in total. The first kappa shape index (κ1) is 18.2. The molecule has 0 atom stereocenters. The maximum Gasteiger partial charge on any atom is 0.255 e. The van der Waals surface area contributed by atoms with E-state index in [1.165, 1.54) is 0 Å². The van der Waals surface area contributed by atoms with Crippen LogP contribution in [0.25, 0.3) is 0 Å². The molecule has 0 aliphatic carbocycles. The van der Waals surface area contributed by atoms with Crippen LogP contribution in [0.4, 0.5) is 0 Å². The first-order chi connectivity index (χ1) is 12.5. The van der Waals surface area contributed by atoms with Gasteiger partial charge in [-0.25, -0.2) is 0 Å². The molecule has 1 N–H and O–H groups in total. The van der Waals surface area contributed by atoms with Crippen LogP contribution >= 0.6 is 0 Å². The van der Waals surface area contributed by atoms with Gasteiger partial charge in [-0.15, -0.1) is 0 Å². The second-order valence-corrected chi connectivity index (χ2v) is 6.98. The lowest BCUT2D eigenvalue weighted by Gasteiger charge is -2.32. The van der Waals surface area contributed by atoms with E-state index in [-0.39, 0.29) is 11.8 Å². The van der Waals surface area contributed by atoms with Gasteiger partial charge in [-0.05, 0) is 44.7 Å². The van der Waals surface area contributed by atoms with Crippen LogP contribution in [0.5, 0.6) is 0 Å². The molecule has 1 aromatic carbocycles. The van der Waals surface area contributed by atoms with Crippen LogP contribution in [0.3, 0.4) is 0 Å². The SMILES string of the molecule is Cc1nn(C)c(C)c1C(=O)NCC1CCN(C(=O)c2ccccc2)CC1. The van der Waals surface area contributed by atoms with Gasteiger partial charge in [0.1, 0.15) is 0 Å². The number of aryl methyl sites for hydroxylation is 2. The minimum absolute atomic E-state index is 0.0594. The minimum atomic E-state index is -0.0594. The minimum Gasteiger partial charge on any atom is -0.352 e. The third-order valence-corrected chi connectivity index (χ3v) is 5.21. The number of nitrogens with one attached hydrogen (secondary N) is 1. The fraction of sp³-hybridized carbons (Fsp3) is 0.450. The van der Waals surface area contributed by atoms with Crippen LogP contribution in [0.2, 0.25) is 0 Å². The Kier molecular flexibility index (Phi) is 5.40. The summed E-state index contributed by atoms with van der Waals surface area (Å²) in [6, 6.07) is 9.40. The van der Waals surface area contributed by atoms with Gasteiger partial charge in [-0.3, -0.25) is 14.3 Å². The Balaban J connectivity index is 1.50. The fourth-order valence-corrected chi connectivity index (χ4v) is 3.53. The molecule has 0 saturated carbocycles. The Morgan fingerprint density at radius 3 is 2.38 bits per heavy atom. The number of hydrogen-bond acceptors (Lipinski definition) is 3. The molecular weight excluding hydrogens is 328 g/mol. The number of rotatable bonds is 4. The van der Waals surface area contributed by atoms with E-state index < -0.39 is 0 Å². The summed E-state index contributed by atoms with van der Waals surface area (Å²) >= 11 is 0. The first-order valence-corrected chi connectivity index (χ1v) is 9.10. The van der Waals surface area contributed by atoms with Gasteiger partial charge < -0.3 is 10.2 Å². The molecule has 26 heavy (non-hydrogen) atoms. The summed E-state index contributed by atoms with van der Waals surface area (Å²) < 4.78 is 1.73. The predicted octanol–water partition coefficient (Wildman–Crippen LogP) is 2.32. The molecule has 1 aliphatic rings. The monoisotopic (exact) mass is 354 g/mol. The standard InChI is InChI=1S/C20H26N4O2/c1-14-18(15(2)23(3)22-14)19(25)21-13-16-9-11-24(12-10-16)20(26)17-7-5-4-6-8-17/h4-8,16H,9-13H2,1-3H3,(H,21,25). The lowest BCUT2D eigenvalue weighted by atomic mass is 9.96. The summed E-state index contributed by atoms with van der Waals surface area (Å²) in [4.78, 5) is 26.9. The molecule has 2 heterocycles. The van der Waals surface area contributed by atoms with Crippen LogP contribution in [0, 0.1) is 19.8 Å². The molecule has 1 aliphatic heterocycles. The maximum atomic E-state index is 12.5. The quantitative estimate of drug-likeness (QED) is 0.916. The summed E-state index contributed by atoms with van der Waals surface area (Å²) in [5.74, 6) is 0.432. The number of carbonyl (C=O) groups excluding carboxylic acids is 2. The average molecular weight is 354 g/mol. The largest absolute Gasteiger partial charge is 0.352 e. The zero-order valence-electron chi connectivity index (χ0n) is 15.7. The van der Waals surface area contributed by atoms with Gasteiger partial charge >= 0.3 is 0 Å². The van der Waals surface area contributed by atoms with E-state index in [1.807, 2.05) is 56.1 Å². The first-order valence-electron chi connectivity index (χ1n) is 9.10. The summed E-state index contributed by atoms with van der Waals surface area (Å²) in [7, 11) is 1.85. The smallest absolute Gasteiger partial charge is 0.255 e. The van der Waals surface area contributed by atoms with Crippen molar-refractivity contribution in [2.45, 2.75) is 26.7 Å². The van der Waals surface area contributed by atoms with Crippen molar-refractivity contribution in [1.82, 2.24) is 20.0 Å². The van der Waals surface area contributed by atoms with Crippen molar-refractivity contribution in [1.29, 1.82) is 0 Å². The van der Waals surface area contributed by atoms with Gasteiger partial charge in [0.25, 0.3) is 11.8 Å². The van der Waals surface area contributed by atoms with Crippen LogP contribution in [0.1, 0.15) is 44.9 Å². The van der Waals surface area contributed by atoms with Crippen molar-refractivity contribution in [2.24, 2.45) is 13.0 Å². The van der Waals surface area contributed by atoms with E-state index in [4.69, 9.17) is 0 Å². The van der Waals surface area contributed by atoms with Crippen molar-refractivity contribution < 1.29 is 9.59 Å². The molecule has 2 amide bonds. The van der Waals surface area contributed by atoms with E-state index in [0.29, 0.717) is 18.0 Å². The highest BCUT2D eigenvalue weighted by Crippen LogP contribution is 2.19. The Morgan fingerprint density at radius 2 is 1.81 bits per heavy atom. The molecule has 1 aromatic heterocycles. The molecule has 0 spiro atoms. The Labute approximate surface area is 154 Å². The molecular formula is C20H26N4O2. The van der Waals surface area contributed by atoms with E-state index in [1.54, 1.807) is 4.68 Å². The highest BCUT2D eigenvalue weighted by molar-refractivity contribution is 5.96. The number of aromatic nitrogens is 2. The topological polar surface area (TPSA) is 67.2 Å². The normalized spacial score (nSPS) is 15.1. The zero-order chi connectivity index (χ0) is 18.7. The molecule has 0 unspecified atom stereocenters. The molecule has 0 radical (unpaired) electrons. The Morgan fingerprint density at radius 1 is 1.15 bits per heavy atom. The molecule has 1 fully saturated rings. The second-order valence-electron chi connectivity index (χ2n) is 6.98. The van der Waals surface area contributed by atoms with Crippen molar-refractivity contribution in [3.8, 4) is 0 Å². The van der Waals surface area contributed by atoms with Gasteiger partial charge in [0, 0.05) is 37.9 Å². The number of likely N-dealkylation sites (tertiary alicyclic amines) is 1. The number of carbonyl (C=O) groups is 2. The highest BCUT2D eigenvalue weighted by Gasteiger charge is 2.24. The average Bonchev–Trinajstić information content (AvgIpc) is 2.92. The Bertz CT molecular complexity index is 790. The van der Waals surface area contributed by atoms with Crippen molar-refractivity contribution in [2.75, 3.05) is 19.6 Å². The lowest BCUT2D eigenvalue weighted by Crippen LogP contribution is -2.41. The van der Waals surface area contributed by atoms with Crippen LogP contribution in [-0.4, -0.2) is 46.1 Å². The summed E-state index contributed by atoms with van der Waals surface area (Å²) in [5.41, 5.74) is 3.04. The van der Waals surface area contributed by atoms with Gasteiger partial charge in [0.15, 0.2) is 0 Å². The van der Waals surface area contributed by atoms with Gasteiger partial charge in [-0.1, -0.05) is 18.2 Å². The zero-order valence-corrected chi connectivity index (χ0v) is 15.7. The van der Waals surface area contributed by atoms with Gasteiger partial charge in [-0.2, -0.15) is 5.10 Å². The number of amides is 2. The Hall–Kier alpha value is -2.63. The highest BCUT2D eigenvalue weighted by atomic mass is 16.2. The van der Waals surface area contributed by atoms with Crippen molar-refractivity contribution in [3.63, 3.8) is 0 Å². The van der Waals surface area contributed by atoms with Crippen LogP contribution in [0.15, 0.2) is 30.3 Å². The summed E-state index contributed by atoms with van der Waals surface area (Å²) in [6.45, 7) is 5.87. The number of benzene rings is 1. The molecule has 138 valence electrons. The van der Waals surface area contributed by atoms with E-state index in [0.717, 1.165) is 42.9 Å². The molecule has 1 saturated heterocycles. The maximum absolute atomic E-state index is 12.5. The lowest BCUT2D eigenvalue weighted by molar-refractivity contribution is 0.0684. The predicted molar refractivity (Wildman–Crippen MR) is 100 cm³/mol. The van der Waals surface area contributed by atoms with Gasteiger partial charge in [0.2, 0.25) is 0 Å². The van der Waals surface area contributed by atoms with Crippen molar-refractivity contribution in [3.05, 3.63) is 52.8 Å². The second kappa shape index (κ2) is 7.72. The molecule has 0 bridgehead atoms. The third-order valence-electron chi connectivity index (χ3n) is 5.21. The summed E-state index contributed by atoms with van der Waals surface area (Å²) in [5, 5.41) is 7.34. The van der Waals surface area contributed by atoms with E-state index in [9.17, 15) is 9.59 Å². The molecule has 6 heteroatoms. The van der Waals surface area contributed by atoms with E-state index in [2.05, 4.69) is 10.4 Å².